The Morgan fingerprint density at radius 3 is 3.00 bits per heavy atom. The van der Waals surface area contributed by atoms with E-state index < -0.39 is 0 Å². The third-order valence-electron chi connectivity index (χ3n) is 2.48. The molecule has 78 valence electrons. The average molecular weight is 203 g/mol. The molecule has 0 atom stereocenters. The number of pyridine rings is 1. The summed E-state index contributed by atoms with van der Waals surface area (Å²) in [5.74, 6) is 1.33. The van der Waals surface area contributed by atoms with Crippen LogP contribution in [-0.4, -0.2) is 11.6 Å². The highest BCUT2D eigenvalue weighted by Crippen LogP contribution is 2.32. The molecule has 0 spiro atoms. The third-order valence-corrected chi connectivity index (χ3v) is 2.48. The average Bonchev–Trinajstić information content (AvgIpc) is 3.04. The van der Waals surface area contributed by atoms with E-state index in [9.17, 15) is 0 Å². The predicted octanol–water partition coefficient (Wildman–Crippen LogP) is 1.71. The van der Waals surface area contributed by atoms with Crippen molar-refractivity contribution >= 4 is 5.69 Å². The molecule has 0 aromatic carbocycles. The van der Waals surface area contributed by atoms with E-state index in [1.807, 2.05) is 6.07 Å². The van der Waals surface area contributed by atoms with Crippen LogP contribution in [0.15, 0.2) is 12.1 Å². The van der Waals surface area contributed by atoms with Gasteiger partial charge in [0.2, 0.25) is 5.88 Å². The van der Waals surface area contributed by atoms with Crippen molar-refractivity contribution in [1.82, 2.24) is 4.98 Å². The number of hydrogen-bond acceptors (Lipinski definition) is 4. The fourth-order valence-corrected chi connectivity index (χ4v) is 1.36. The lowest BCUT2D eigenvalue weighted by Gasteiger charge is -2.05. The van der Waals surface area contributed by atoms with Crippen molar-refractivity contribution in [1.29, 1.82) is 5.26 Å². The zero-order chi connectivity index (χ0) is 10.7. The number of aromatic nitrogens is 1. The van der Waals surface area contributed by atoms with Crippen LogP contribution in [0.2, 0.25) is 0 Å². The Hall–Kier alpha value is -1.76. The quantitative estimate of drug-likeness (QED) is 0.808. The summed E-state index contributed by atoms with van der Waals surface area (Å²) in [4.78, 5) is 4.00. The largest absolute Gasteiger partial charge is 0.478 e. The molecule has 1 aromatic heterocycles. The van der Waals surface area contributed by atoms with E-state index in [1.54, 1.807) is 12.1 Å². The van der Waals surface area contributed by atoms with Gasteiger partial charge >= 0.3 is 0 Å². The summed E-state index contributed by atoms with van der Waals surface area (Å²) in [7, 11) is 0. The molecule has 2 N–H and O–H groups in total. The lowest BCUT2D eigenvalue weighted by atomic mass is 10.3. The normalized spacial score (nSPS) is 14.6. The van der Waals surface area contributed by atoms with Gasteiger partial charge < -0.3 is 10.5 Å². The lowest BCUT2D eigenvalue weighted by molar-refractivity contribution is 0.291. The number of rotatable bonds is 4. The highest BCUT2D eigenvalue weighted by molar-refractivity contribution is 5.50. The second-order valence-corrected chi connectivity index (χ2v) is 3.78. The highest BCUT2D eigenvalue weighted by atomic mass is 16.5. The van der Waals surface area contributed by atoms with Gasteiger partial charge in [-0.1, -0.05) is 12.8 Å². The molecule has 1 aliphatic rings. The topological polar surface area (TPSA) is 71.9 Å². The first-order valence-electron chi connectivity index (χ1n) is 5.09. The van der Waals surface area contributed by atoms with Crippen molar-refractivity contribution in [3.63, 3.8) is 0 Å². The summed E-state index contributed by atoms with van der Waals surface area (Å²) in [6, 6.07) is 5.28. The van der Waals surface area contributed by atoms with Crippen LogP contribution in [0.25, 0.3) is 0 Å². The Labute approximate surface area is 88.7 Å². The molecule has 0 unspecified atom stereocenters. The van der Waals surface area contributed by atoms with E-state index in [1.165, 1.54) is 12.8 Å². The van der Waals surface area contributed by atoms with Crippen molar-refractivity contribution in [3.05, 3.63) is 17.8 Å². The van der Waals surface area contributed by atoms with Crippen LogP contribution < -0.4 is 10.5 Å². The summed E-state index contributed by atoms with van der Waals surface area (Å²) in [5, 5.41) is 8.72. The number of nitrogen functional groups attached to an aromatic ring is 1. The maximum absolute atomic E-state index is 8.72. The van der Waals surface area contributed by atoms with E-state index in [4.69, 9.17) is 15.7 Å². The molecule has 0 aliphatic heterocycles. The fourth-order valence-electron chi connectivity index (χ4n) is 1.36. The van der Waals surface area contributed by atoms with Crippen molar-refractivity contribution in [2.45, 2.75) is 19.3 Å². The van der Waals surface area contributed by atoms with Gasteiger partial charge in [-0.25, -0.2) is 4.98 Å². The number of nitriles is 1. The molecule has 0 radical (unpaired) electrons. The molecule has 1 aromatic rings. The van der Waals surface area contributed by atoms with Crippen LogP contribution in [0, 0.1) is 17.2 Å². The second-order valence-electron chi connectivity index (χ2n) is 3.78. The fraction of sp³-hybridized carbons (Fsp3) is 0.455. The zero-order valence-electron chi connectivity index (χ0n) is 8.44. The van der Waals surface area contributed by atoms with Crippen LogP contribution in [0.4, 0.5) is 5.69 Å². The van der Waals surface area contributed by atoms with Crippen molar-refractivity contribution in [2.24, 2.45) is 5.92 Å². The molecule has 1 heterocycles. The van der Waals surface area contributed by atoms with Gasteiger partial charge in [-0.2, -0.15) is 5.26 Å². The Balaban J connectivity index is 1.92. The summed E-state index contributed by atoms with van der Waals surface area (Å²) in [6.07, 6.45) is 3.72. The smallest absolute Gasteiger partial charge is 0.214 e. The van der Waals surface area contributed by atoms with Crippen LogP contribution in [0.1, 0.15) is 25.0 Å². The maximum atomic E-state index is 8.72. The van der Waals surface area contributed by atoms with E-state index in [-0.39, 0.29) is 5.69 Å². The summed E-state index contributed by atoms with van der Waals surface area (Å²) in [6.45, 7) is 0.673. The molecule has 1 fully saturated rings. The molecular weight excluding hydrogens is 190 g/mol. The van der Waals surface area contributed by atoms with Crippen LogP contribution in [0.3, 0.4) is 0 Å². The molecule has 0 bridgehead atoms. The minimum absolute atomic E-state index is 0.235. The van der Waals surface area contributed by atoms with Crippen LogP contribution >= 0.6 is 0 Å². The molecule has 0 saturated heterocycles. The molecule has 1 saturated carbocycles. The van der Waals surface area contributed by atoms with Crippen LogP contribution in [0.5, 0.6) is 5.88 Å². The lowest BCUT2D eigenvalue weighted by Crippen LogP contribution is -2.02. The van der Waals surface area contributed by atoms with Gasteiger partial charge in [0.15, 0.2) is 5.69 Å². The Kier molecular flexibility index (Phi) is 2.72. The van der Waals surface area contributed by atoms with E-state index in [0.29, 0.717) is 18.2 Å². The summed E-state index contributed by atoms with van der Waals surface area (Å²) >= 11 is 0. The van der Waals surface area contributed by atoms with E-state index in [0.717, 1.165) is 12.3 Å². The van der Waals surface area contributed by atoms with Gasteiger partial charge in [-0.05, 0) is 18.4 Å². The van der Waals surface area contributed by atoms with Crippen molar-refractivity contribution in [2.75, 3.05) is 12.3 Å². The molecule has 0 amide bonds. The van der Waals surface area contributed by atoms with Gasteiger partial charge in [-0.3, -0.25) is 0 Å². The second kappa shape index (κ2) is 4.18. The van der Waals surface area contributed by atoms with E-state index in [2.05, 4.69) is 4.98 Å². The maximum Gasteiger partial charge on any atom is 0.214 e. The molecule has 4 nitrogen and oxygen atoms in total. The van der Waals surface area contributed by atoms with E-state index >= 15 is 0 Å². The van der Waals surface area contributed by atoms with Gasteiger partial charge in [0.25, 0.3) is 0 Å². The predicted molar refractivity (Wildman–Crippen MR) is 56.2 cm³/mol. The van der Waals surface area contributed by atoms with Gasteiger partial charge in [-0.15, -0.1) is 0 Å². The minimum atomic E-state index is 0.235. The Morgan fingerprint density at radius 2 is 2.33 bits per heavy atom. The van der Waals surface area contributed by atoms with Crippen LogP contribution in [-0.2, 0) is 0 Å². The Morgan fingerprint density at radius 1 is 1.53 bits per heavy atom. The first-order chi connectivity index (χ1) is 7.29. The number of hydrogen-bond donors (Lipinski definition) is 1. The third kappa shape index (κ3) is 2.59. The number of anilines is 1. The number of nitrogens with zero attached hydrogens (tertiary/aromatic N) is 2. The van der Waals surface area contributed by atoms with Gasteiger partial charge in [0.1, 0.15) is 6.07 Å². The van der Waals surface area contributed by atoms with Crippen molar-refractivity contribution < 1.29 is 4.74 Å². The molecular formula is C11H13N3O. The monoisotopic (exact) mass is 203 g/mol. The summed E-state index contributed by atoms with van der Waals surface area (Å²) < 4.78 is 5.44. The SMILES string of the molecule is N#Cc1nc(OCCC2CC2)ccc1N. The highest BCUT2D eigenvalue weighted by Gasteiger charge is 2.20. The number of nitrogens with two attached hydrogens (primary N) is 1. The first kappa shape index (κ1) is 9.78. The van der Waals surface area contributed by atoms with Crippen molar-refractivity contribution in [3.8, 4) is 11.9 Å². The zero-order valence-corrected chi connectivity index (χ0v) is 8.44. The minimum Gasteiger partial charge on any atom is -0.478 e. The molecule has 4 heteroatoms. The molecule has 2 rings (SSSR count). The number of ether oxygens (including phenoxy) is 1. The molecule has 1 aliphatic carbocycles. The summed E-state index contributed by atoms with van der Waals surface area (Å²) in [5.41, 5.74) is 6.18. The standard InChI is InChI=1S/C11H13N3O/c12-7-10-9(13)3-4-11(14-10)15-6-5-8-1-2-8/h3-4,8H,1-2,5-6,13H2. The molecule has 15 heavy (non-hydrogen) atoms. The van der Waals surface area contributed by atoms with Gasteiger partial charge in [0.05, 0.1) is 12.3 Å². The first-order valence-corrected chi connectivity index (χ1v) is 5.09. The Bertz CT molecular complexity index is 393. The van der Waals surface area contributed by atoms with Gasteiger partial charge in [0, 0.05) is 6.07 Å².